The third kappa shape index (κ3) is 5.89. The van der Waals surface area contributed by atoms with Crippen LogP contribution in [0.25, 0.3) is 10.8 Å². The zero-order valence-electron chi connectivity index (χ0n) is 29.0. The standard InChI is InChI=1S/C41H49N3O5/c1-6-22-42(26-29-14-10-9-11-15-29)37(46)34-35-38(47)44(33(27-45)24-28(4)5)36(41(35)21-20-40(34,8-3)49-41)39(48)43(23-7-2)32-19-18-30-16-12-13-17-31(30)25-32/h6-7,9-19,25,28,33-36,45H,1-2,8,20-24,26-27H2,3-5H3/t33-,34+,35+,36?,40-,41?/m1/s1. The van der Waals surface area contributed by atoms with Gasteiger partial charge in [0.2, 0.25) is 11.8 Å². The van der Waals surface area contributed by atoms with Crippen molar-refractivity contribution in [3.05, 3.63) is 104 Å². The van der Waals surface area contributed by atoms with Crippen LogP contribution in [-0.4, -0.2) is 75.6 Å². The fraction of sp³-hybridized carbons (Fsp3) is 0.439. The van der Waals surface area contributed by atoms with Crippen molar-refractivity contribution in [3.63, 3.8) is 0 Å². The third-order valence-electron chi connectivity index (χ3n) is 11.0. The van der Waals surface area contributed by atoms with Crippen LogP contribution < -0.4 is 4.90 Å². The van der Waals surface area contributed by atoms with E-state index in [1.54, 1.807) is 26.9 Å². The van der Waals surface area contributed by atoms with Crippen LogP contribution in [0.3, 0.4) is 0 Å². The van der Waals surface area contributed by atoms with E-state index in [1.807, 2.05) is 93.6 Å². The topological polar surface area (TPSA) is 90.4 Å². The van der Waals surface area contributed by atoms with Gasteiger partial charge in [0.1, 0.15) is 11.6 Å². The molecule has 3 heterocycles. The molecule has 1 spiro atoms. The number of nitrogens with zero attached hydrogens (tertiary/aromatic N) is 3. The third-order valence-corrected chi connectivity index (χ3v) is 11.0. The maximum atomic E-state index is 15.2. The van der Waals surface area contributed by atoms with Crippen LogP contribution in [0, 0.1) is 17.8 Å². The fourth-order valence-corrected chi connectivity index (χ4v) is 8.86. The van der Waals surface area contributed by atoms with Crippen molar-refractivity contribution in [1.82, 2.24) is 9.80 Å². The molecular weight excluding hydrogens is 614 g/mol. The Labute approximate surface area is 290 Å². The molecule has 6 rings (SSSR count). The van der Waals surface area contributed by atoms with Crippen molar-refractivity contribution in [2.45, 2.75) is 76.3 Å². The van der Waals surface area contributed by atoms with E-state index in [4.69, 9.17) is 4.74 Å². The molecule has 3 aliphatic heterocycles. The first-order chi connectivity index (χ1) is 23.6. The Kier molecular flexibility index (Phi) is 9.83. The quantitative estimate of drug-likeness (QED) is 0.210. The number of carbonyl (C=O) groups excluding carboxylic acids is 3. The smallest absolute Gasteiger partial charge is 0.253 e. The Balaban J connectivity index is 1.46. The summed E-state index contributed by atoms with van der Waals surface area (Å²) in [6.07, 6.45) is 5.44. The number of likely N-dealkylation sites (tertiary alicyclic amines) is 1. The highest BCUT2D eigenvalue weighted by Gasteiger charge is 2.79. The molecule has 3 fully saturated rings. The van der Waals surface area contributed by atoms with E-state index in [0.717, 1.165) is 16.3 Å². The maximum absolute atomic E-state index is 15.2. The van der Waals surface area contributed by atoms with Crippen molar-refractivity contribution < 1.29 is 24.2 Å². The van der Waals surface area contributed by atoms with Crippen LogP contribution in [0.2, 0.25) is 0 Å². The van der Waals surface area contributed by atoms with E-state index in [-0.39, 0.29) is 36.8 Å². The first-order valence-corrected chi connectivity index (χ1v) is 17.6. The summed E-state index contributed by atoms with van der Waals surface area (Å²) in [6.45, 7) is 14.6. The van der Waals surface area contributed by atoms with Gasteiger partial charge in [-0.3, -0.25) is 14.4 Å². The number of rotatable bonds is 14. The number of hydrogen-bond acceptors (Lipinski definition) is 5. The van der Waals surface area contributed by atoms with Crippen molar-refractivity contribution in [2.75, 3.05) is 24.6 Å². The summed E-state index contributed by atoms with van der Waals surface area (Å²) in [5.41, 5.74) is -0.456. The Morgan fingerprint density at radius 2 is 1.67 bits per heavy atom. The van der Waals surface area contributed by atoms with E-state index >= 15 is 9.59 Å². The average molecular weight is 664 g/mol. The summed E-state index contributed by atoms with van der Waals surface area (Å²) >= 11 is 0. The maximum Gasteiger partial charge on any atom is 0.253 e. The van der Waals surface area contributed by atoms with Gasteiger partial charge in [0.15, 0.2) is 0 Å². The summed E-state index contributed by atoms with van der Waals surface area (Å²) in [5.74, 6) is -2.25. The van der Waals surface area contributed by atoms with Gasteiger partial charge in [-0.25, -0.2) is 0 Å². The van der Waals surface area contributed by atoms with Crippen molar-refractivity contribution >= 4 is 34.2 Å². The normalized spacial score (nSPS) is 26.2. The zero-order valence-corrected chi connectivity index (χ0v) is 29.0. The molecule has 0 aromatic heterocycles. The number of benzene rings is 3. The highest BCUT2D eigenvalue weighted by atomic mass is 16.5. The van der Waals surface area contributed by atoms with Crippen LogP contribution in [0.1, 0.15) is 52.0 Å². The molecule has 8 nitrogen and oxygen atoms in total. The average Bonchev–Trinajstić information content (AvgIpc) is 3.72. The fourth-order valence-electron chi connectivity index (χ4n) is 8.86. The molecule has 258 valence electrons. The minimum absolute atomic E-state index is 0.147. The highest BCUT2D eigenvalue weighted by molar-refractivity contribution is 6.06. The molecule has 0 saturated carbocycles. The molecule has 2 bridgehead atoms. The second kappa shape index (κ2) is 13.9. The minimum Gasteiger partial charge on any atom is -0.394 e. The van der Waals surface area contributed by atoms with Crippen LogP contribution in [0.15, 0.2) is 98.1 Å². The molecule has 3 aromatic rings. The number of anilines is 1. The lowest BCUT2D eigenvalue weighted by atomic mass is 9.64. The van der Waals surface area contributed by atoms with E-state index in [1.165, 1.54) is 0 Å². The highest BCUT2D eigenvalue weighted by Crippen LogP contribution is 2.65. The number of hydrogen-bond donors (Lipinski definition) is 1. The second-order valence-corrected chi connectivity index (χ2v) is 14.3. The molecule has 2 unspecified atom stereocenters. The molecule has 1 N–H and O–H groups in total. The SMILES string of the molecule is C=CCN(Cc1ccccc1)C(=O)[C@@H]1[C@H]2C(=O)N([C@@H](CO)CC(C)C)C(C(=O)N(CC=C)c3ccc4ccccc4c3)C23CC[C@@]1(CC)O3. The first kappa shape index (κ1) is 34.6. The van der Waals surface area contributed by atoms with Gasteiger partial charge in [-0.1, -0.05) is 93.6 Å². The summed E-state index contributed by atoms with van der Waals surface area (Å²) in [4.78, 5) is 50.1. The predicted molar refractivity (Wildman–Crippen MR) is 193 cm³/mol. The van der Waals surface area contributed by atoms with Crippen molar-refractivity contribution in [2.24, 2.45) is 17.8 Å². The van der Waals surface area contributed by atoms with Crippen molar-refractivity contribution in [1.29, 1.82) is 0 Å². The molecule has 8 heteroatoms. The van der Waals surface area contributed by atoms with E-state index in [0.29, 0.717) is 44.5 Å². The van der Waals surface area contributed by atoms with Crippen molar-refractivity contribution in [3.8, 4) is 0 Å². The lowest BCUT2D eigenvalue weighted by Crippen LogP contribution is -2.59. The van der Waals surface area contributed by atoms with Gasteiger partial charge in [-0.2, -0.15) is 0 Å². The number of aliphatic hydroxyl groups is 1. The van der Waals surface area contributed by atoms with Crippen LogP contribution in [0.4, 0.5) is 5.69 Å². The van der Waals surface area contributed by atoms with Gasteiger partial charge in [0.25, 0.3) is 5.91 Å². The Bertz CT molecular complexity index is 1720. The minimum atomic E-state index is -1.22. The second-order valence-electron chi connectivity index (χ2n) is 14.3. The Morgan fingerprint density at radius 3 is 2.33 bits per heavy atom. The van der Waals surface area contributed by atoms with Gasteiger partial charge in [-0.15, -0.1) is 13.2 Å². The van der Waals surface area contributed by atoms with E-state index in [9.17, 15) is 9.90 Å². The summed E-state index contributed by atoms with van der Waals surface area (Å²) in [6, 6.07) is 22.0. The molecule has 3 aromatic carbocycles. The lowest BCUT2D eigenvalue weighted by molar-refractivity contribution is -0.154. The van der Waals surface area contributed by atoms with Crippen LogP contribution in [0.5, 0.6) is 0 Å². The largest absolute Gasteiger partial charge is 0.394 e. The molecular formula is C41H49N3O5. The van der Waals surface area contributed by atoms with Gasteiger partial charge >= 0.3 is 0 Å². The number of fused-ring (bicyclic) bond motifs is 2. The van der Waals surface area contributed by atoms with Gasteiger partial charge in [0.05, 0.1) is 30.1 Å². The van der Waals surface area contributed by atoms with Gasteiger partial charge < -0.3 is 24.5 Å². The molecule has 3 saturated heterocycles. The Morgan fingerprint density at radius 1 is 0.980 bits per heavy atom. The number of aliphatic hydroxyl groups excluding tert-OH is 1. The van der Waals surface area contributed by atoms with Crippen LogP contribution >= 0.6 is 0 Å². The summed E-state index contributed by atoms with van der Waals surface area (Å²) in [5, 5.41) is 12.8. The van der Waals surface area contributed by atoms with Gasteiger partial charge in [-0.05, 0) is 60.1 Å². The Hall–Kier alpha value is -4.27. The molecule has 3 amide bonds. The summed E-state index contributed by atoms with van der Waals surface area (Å²) < 4.78 is 7.11. The molecule has 0 aliphatic carbocycles. The number of carbonyl (C=O) groups is 3. The predicted octanol–water partition coefficient (Wildman–Crippen LogP) is 6.14. The first-order valence-electron chi connectivity index (χ1n) is 17.6. The number of ether oxygens (including phenoxy) is 1. The molecule has 0 radical (unpaired) electrons. The lowest BCUT2D eigenvalue weighted by Gasteiger charge is -2.40. The van der Waals surface area contributed by atoms with Gasteiger partial charge in [0, 0.05) is 25.3 Å². The molecule has 49 heavy (non-hydrogen) atoms. The summed E-state index contributed by atoms with van der Waals surface area (Å²) in [7, 11) is 0. The van der Waals surface area contributed by atoms with E-state index in [2.05, 4.69) is 13.2 Å². The van der Waals surface area contributed by atoms with Crippen LogP contribution in [-0.2, 0) is 25.7 Å². The monoisotopic (exact) mass is 663 g/mol. The van der Waals surface area contributed by atoms with E-state index < -0.39 is 35.1 Å². The zero-order chi connectivity index (χ0) is 34.9. The number of amides is 3. The molecule has 3 aliphatic rings. The molecule has 6 atom stereocenters.